The maximum Gasteiger partial charge on any atom is 0.361 e. The molecule has 2 unspecified atom stereocenters. The maximum atomic E-state index is 12.9. The summed E-state index contributed by atoms with van der Waals surface area (Å²) < 4.78 is 22.9. The molecule has 70 heavy (non-hydrogen) atoms. The number of carboxylic acid groups (broad SMARTS) is 1. The number of hydrogen-bond donors (Lipinski definition) is 1. The molecule has 0 rings (SSSR count). The molecule has 0 aromatic carbocycles. The molecule has 0 saturated heterocycles. The van der Waals surface area contributed by atoms with E-state index in [0.29, 0.717) is 17.4 Å². The predicted molar refractivity (Wildman–Crippen MR) is 295 cm³/mol. The summed E-state index contributed by atoms with van der Waals surface area (Å²) in [7, 11) is 5.97. The van der Waals surface area contributed by atoms with E-state index >= 15 is 0 Å². The number of esters is 2. The Morgan fingerprint density at radius 2 is 0.729 bits per heavy atom. The average Bonchev–Trinajstić information content (AvgIpc) is 3.33. The van der Waals surface area contributed by atoms with Crippen molar-refractivity contribution in [3.05, 3.63) is 24.3 Å². The molecule has 0 aliphatic carbocycles. The lowest BCUT2D eigenvalue weighted by atomic mass is 10.0. The van der Waals surface area contributed by atoms with Crippen molar-refractivity contribution in [1.82, 2.24) is 0 Å². The summed E-state index contributed by atoms with van der Waals surface area (Å²) in [5.74, 6) is -2.00. The molecule has 0 fully saturated rings. The molecule has 0 heterocycles. The molecule has 0 spiro atoms. The number of nitrogens with zero attached hydrogens (tertiary/aromatic N) is 1. The van der Waals surface area contributed by atoms with Crippen LogP contribution in [0.4, 0.5) is 0 Å². The lowest BCUT2D eigenvalue weighted by Crippen LogP contribution is -2.40. The van der Waals surface area contributed by atoms with Gasteiger partial charge in [-0.15, -0.1) is 0 Å². The largest absolute Gasteiger partial charge is 0.477 e. The number of allylic oxidation sites excluding steroid dienone is 4. The van der Waals surface area contributed by atoms with Gasteiger partial charge in [0.1, 0.15) is 13.2 Å². The fraction of sp³-hybridized carbons (Fsp3) is 0.885. The highest BCUT2D eigenvalue weighted by molar-refractivity contribution is 5.71. The van der Waals surface area contributed by atoms with Crippen LogP contribution in [0, 0.1) is 0 Å². The van der Waals surface area contributed by atoms with Crippen LogP contribution < -0.4 is 0 Å². The Bertz CT molecular complexity index is 1200. The highest BCUT2D eigenvalue weighted by Crippen LogP contribution is 2.17. The summed E-state index contributed by atoms with van der Waals surface area (Å²) in [5.41, 5.74) is 0. The van der Waals surface area contributed by atoms with Gasteiger partial charge in [-0.25, -0.2) is 4.79 Å². The summed E-state index contributed by atoms with van der Waals surface area (Å²) in [6, 6.07) is 0. The molecule has 412 valence electrons. The number of carbonyl (C=O) groups excluding carboxylic acids is 2. The van der Waals surface area contributed by atoms with E-state index in [-0.39, 0.29) is 32.2 Å². The van der Waals surface area contributed by atoms with Crippen LogP contribution >= 0.6 is 0 Å². The van der Waals surface area contributed by atoms with Crippen LogP contribution in [0.1, 0.15) is 290 Å². The number of hydrogen-bond acceptors (Lipinski definition) is 7. The van der Waals surface area contributed by atoms with Gasteiger partial charge in [-0.05, 0) is 64.2 Å². The molecule has 0 radical (unpaired) electrons. The Morgan fingerprint density at radius 3 is 1.06 bits per heavy atom. The van der Waals surface area contributed by atoms with Gasteiger partial charge in [0.2, 0.25) is 0 Å². The molecule has 0 bridgehead atoms. The quantitative estimate of drug-likeness (QED) is 0.0211. The summed E-state index contributed by atoms with van der Waals surface area (Å²) in [6.45, 7) is 4.91. The van der Waals surface area contributed by atoms with Crippen molar-refractivity contribution in [3.63, 3.8) is 0 Å². The first-order valence-corrected chi connectivity index (χ1v) is 30.0. The zero-order valence-electron chi connectivity index (χ0n) is 47.0. The van der Waals surface area contributed by atoms with E-state index in [1.807, 2.05) is 21.1 Å². The Hall–Kier alpha value is -2.23. The molecular formula is C61H116NO8+. The lowest BCUT2D eigenvalue weighted by Gasteiger charge is -2.25. The first-order valence-electron chi connectivity index (χ1n) is 30.0. The number of carbonyl (C=O) groups is 3. The number of carboxylic acids is 1. The first kappa shape index (κ1) is 67.8. The van der Waals surface area contributed by atoms with E-state index in [1.54, 1.807) is 0 Å². The SMILES string of the molecule is CCCCCCCCC/C=C\CCCCCCCC(=O)OCC(COC(OCC[N+](C)(C)C)C(=O)O)OC(=O)CCCCCCCCCCCCCCCCCCC/C=C\CCCCCCCCCC. The second kappa shape index (κ2) is 53.1. The standard InChI is InChI=1S/C61H115NO8/c1-6-8-10-12-14-16-18-20-22-24-25-26-27-28-29-30-31-32-33-34-35-36-38-40-42-44-46-48-50-52-59(64)70-57(56-69-61(60(65)66)67-54-53-62(3,4)5)55-68-58(63)51-49-47-45-43-41-39-37-23-21-19-17-15-13-11-9-7-2/h23-25,37,57,61H,6-22,26-36,38-56H2,1-5H3/p+1/b25-24-,37-23-. The minimum atomic E-state index is -1.51. The van der Waals surface area contributed by atoms with Crippen LogP contribution in [0.15, 0.2) is 24.3 Å². The number of ether oxygens (including phenoxy) is 4. The van der Waals surface area contributed by atoms with Crippen LogP contribution in [0.5, 0.6) is 0 Å². The van der Waals surface area contributed by atoms with Crippen molar-refractivity contribution in [3.8, 4) is 0 Å². The van der Waals surface area contributed by atoms with Crippen molar-refractivity contribution in [2.24, 2.45) is 0 Å². The molecule has 9 nitrogen and oxygen atoms in total. The maximum absolute atomic E-state index is 12.9. The number of likely N-dealkylation sites (N-methyl/N-ethyl adjacent to an activating group) is 1. The lowest BCUT2D eigenvalue weighted by molar-refractivity contribution is -0.870. The van der Waals surface area contributed by atoms with E-state index in [4.69, 9.17) is 18.9 Å². The van der Waals surface area contributed by atoms with Gasteiger partial charge in [0.15, 0.2) is 6.10 Å². The number of aliphatic carboxylic acids is 1. The zero-order chi connectivity index (χ0) is 51.3. The van der Waals surface area contributed by atoms with Gasteiger partial charge >= 0.3 is 17.9 Å². The zero-order valence-corrected chi connectivity index (χ0v) is 47.0. The van der Waals surface area contributed by atoms with Gasteiger partial charge < -0.3 is 28.5 Å². The van der Waals surface area contributed by atoms with Gasteiger partial charge in [0.25, 0.3) is 6.29 Å². The Labute approximate surface area is 433 Å². The highest BCUT2D eigenvalue weighted by Gasteiger charge is 2.25. The van der Waals surface area contributed by atoms with Gasteiger partial charge in [-0.3, -0.25) is 9.59 Å². The third-order valence-corrected chi connectivity index (χ3v) is 13.4. The van der Waals surface area contributed by atoms with Crippen LogP contribution in [0.3, 0.4) is 0 Å². The van der Waals surface area contributed by atoms with Crippen LogP contribution in [0.2, 0.25) is 0 Å². The van der Waals surface area contributed by atoms with Crippen molar-refractivity contribution < 1.29 is 42.9 Å². The van der Waals surface area contributed by atoms with Crippen LogP contribution in [-0.2, 0) is 33.3 Å². The minimum absolute atomic E-state index is 0.182. The number of quaternary nitrogens is 1. The van der Waals surface area contributed by atoms with E-state index in [0.717, 1.165) is 51.4 Å². The van der Waals surface area contributed by atoms with Crippen molar-refractivity contribution >= 4 is 17.9 Å². The average molecular weight is 992 g/mol. The molecule has 0 aliphatic rings. The van der Waals surface area contributed by atoms with Gasteiger partial charge in [-0.2, -0.15) is 0 Å². The summed E-state index contributed by atoms with van der Waals surface area (Å²) >= 11 is 0. The molecule has 0 aromatic rings. The van der Waals surface area contributed by atoms with Gasteiger partial charge in [0.05, 0.1) is 34.4 Å². The fourth-order valence-corrected chi connectivity index (χ4v) is 8.77. The second-order valence-electron chi connectivity index (χ2n) is 21.7. The Balaban J connectivity index is 4.13. The number of unbranched alkanes of at least 4 members (excludes halogenated alkanes) is 37. The Morgan fingerprint density at radius 1 is 0.414 bits per heavy atom. The molecule has 0 amide bonds. The van der Waals surface area contributed by atoms with Gasteiger partial charge in [0, 0.05) is 12.8 Å². The van der Waals surface area contributed by atoms with E-state index in [1.165, 1.54) is 212 Å². The van der Waals surface area contributed by atoms with Crippen LogP contribution in [0.25, 0.3) is 0 Å². The smallest absolute Gasteiger partial charge is 0.361 e. The van der Waals surface area contributed by atoms with E-state index in [9.17, 15) is 19.5 Å². The van der Waals surface area contributed by atoms with Gasteiger partial charge in [-0.1, -0.05) is 237 Å². The summed E-state index contributed by atoms with van der Waals surface area (Å²) in [4.78, 5) is 37.4. The fourth-order valence-electron chi connectivity index (χ4n) is 8.77. The van der Waals surface area contributed by atoms with E-state index in [2.05, 4.69) is 38.2 Å². The number of rotatable bonds is 56. The highest BCUT2D eigenvalue weighted by atomic mass is 16.7. The second-order valence-corrected chi connectivity index (χ2v) is 21.7. The molecule has 2 atom stereocenters. The topological polar surface area (TPSA) is 108 Å². The normalized spacial score (nSPS) is 12.9. The van der Waals surface area contributed by atoms with Crippen molar-refractivity contribution in [2.45, 2.75) is 302 Å². The first-order chi connectivity index (χ1) is 34.1. The molecule has 1 N–H and O–H groups in total. The minimum Gasteiger partial charge on any atom is -0.477 e. The Kier molecular flexibility index (Phi) is 51.4. The third kappa shape index (κ3) is 53.6. The molecule has 0 aromatic heterocycles. The molecule has 9 heteroatoms. The third-order valence-electron chi connectivity index (χ3n) is 13.4. The monoisotopic (exact) mass is 991 g/mol. The van der Waals surface area contributed by atoms with E-state index < -0.39 is 24.3 Å². The molecular weight excluding hydrogens is 875 g/mol. The van der Waals surface area contributed by atoms with Crippen molar-refractivity contribution in [1.29, 1.82) is 0 Å². The van der Waals surface area contributed by atoms with Crippen molar-refractivity contribution in [2.75, 3.05) is 47.5 Å². The van der Waals surface area contributed by atoms with Crippen LogP contribution in [-0.4, -0.2) is 87.4 Å². The molecule has 0 saturated carbocycles. The summed E-state index contributed by atoms with van der Waals surface area (Å²) in [6.07, 6.45) is 59.8. The predicted octanol–water partition coefficient (Wildman–Crippen LogP) is 17.5. The summed E-state index contributed by atoms with van der Waals surface area (Å²) in [5, 5.41) is 9.70. The molecule has 0 aliphatic heterocycles.